The zero-order valence-corrected chi connectivity index (χ0v) is 12.2. The molecule has 0 aromatic carbocycles. The lowest BCUT2D eigenvalue weighted by Gasteiger charge is -2.23. The SMILES string of the molecule is CCC(C)CN(CC)c1nc2sccn2c1[N+](=O)[O-]. The van der Waals surface area contributed by atoms with Crippen molar-refractivity contribution in [2.24, 2.45) is 5.92 Å². The van der Waals surface area contributed by atoms with Gasteiger partial charge in [0.2, 0.25) is 5.82 Å². The van der Waals surface area contributed by atoms with Crippen molar-refractivity contribution < 1.29 is 4.92 Å². The number of nitro groups is 1. The van der Waals surface area contributed by atoms with Crippen LogP contribution in [-0.4, -0.2) is 27.4 Å². The van der Waals surface area contributed by atoms with Crippen LogP contribution in [0.3, 0.4) is 0 Å². The second-order valence-corrected chi connectivity index (χ2v) is 5.50. The molecular weight excluding hydrogens is 264 g/mol. The van der Waals surface area contributed by atoms with Crippen LogP contribution >= 0.6 is 11.3 Å². The zero-order valence-electron chi connectivity index (χ0n) is 11.4. The van der Waals surface area contributed by atoms with E-state index >= 15 is 0 Å². The molecule has 1 atom stereocenters. The van der Waals surface area contributed by atoms with Crippen molar-refractivity contribution in [2.75, 3.05) is 18.0 Å². The van der Waals surface area contributed by atoms with Gasteiger partial charge in [0, 0.05) is 18.5 Å². The summed E-state index contributed by atoms with van der Waals surface area (Å²) in [5.41, 5.74) is 0. The first-order chi connectivity index (χ1) is 9.08. The summed E-state index contributed by atoms with van der Waals surface area (Å²) in [5.74, 6) is 1.04. The van der Waals surface area contributed by atoms with Crippen molar-refractivity contribution in [2.45, 2.75) is 27.2 Å². The predicted molar refractivity (Wildman–Crippen MR) is 77.1 cm³/mol. The molecular formula is C12H18N4O2S. The van der Waals surface area contributed by atoms with E-state index in [1.54, 1.807) is 10.6 Å². The van der Waals surface area contributed by atoms with Crippen molar-refractivity contribution in [3.05, 3.63) is 21.7 Å². The van der Waals surface area contributed by atoms with Crippen LogP contribution < -0.4 is 4.90 Å². The van der Waals surface area contributed by atoms with Crippen LogP contribution in [0.4, 0.5) is 11.6 Å². The van der Waals surface area contributed by atoms with Crippen molar-refractivity contribution in [1.82, 2.24) is 9.38 Å². The molecule has 0 radical (unpaired) electrons. The van der Waals surface area contributed by atoms with Crippen molar-refractivity contribution >= 4 is 27.9 Å². The molecule has 1 unspecified atom stereocenters. The average molecular weight is 282 g/mol. The summed E-state index contributed by atoms with van der Waals surface area (Å²) in [6, 6.07) is 0. The van der Waals surface area contributed by atoms with Crippen LogP contribution in [0.1, 0.15) is 27.2 Å². The van der Waals surface area contributed by atoms with Crippen LogP contribution in [0.2, 0.25) is 0 Å². The van der Waals surface area contributed by atoms with Gasteiger partial charge in [0.1, 0.15) is 6.20 Å². The Morgan fingerprint density at radius 3 is 2.89 bits per heavy atom. The van der Waals surface area contributed by atoms with Gasteiger partial charge in [-0.25, -0.2) is 0 Å². The number of anilines is 1. The highest BCUT2D eigenvalue weighted by molar-refractivity contribution is 7.15. The average Bonchev–Trinajstić information content (AvgIpc) is 2.94. The highest BCUT2D eigenvalue weighted by Gasteiger charge is 2.27. The van der Waals surface area contributed by atoms with E-state index in [0.717, 1.165) is 19.5 Å². The van der Waals surface area contributed by atoms with E-state index in [1.165, 1.54) is 11.3 Å². The van der Waals surface area contributed by atoms with Gasteiger partial charge in [-0.1, -0.05) is 31.6 Å². The number of fused-ring (bicyclic) bond motifs is 1. The van der Waals surface area contributed by atoms with E-state index < -0.39 is 0 Å². The highest BCUT2D eigenvalue weighted by atomic mass is 32.1. The Kier molecular flexibility index (Phi) is 4.04. The first-order valence-corrected chi connectivity index (χ1v) is 7.31. The second-order valence-electron chi connectivity index (χ2n) is 4.62. The molecule has 6 nitrogen and oxygen atoms in total. The van der Waals surface area contributed by atoms with Gasteiger partial charge in [-0.3, -0.25) is 0 Å². The quantitative estimate of drug-likeness (QED) is 0.603. The molecule has 0 saturated carbocycles. The Hall–Kier alpha value is -1.63. The van der Waals surface area contributed by atoms with E-state index in [0.29, 0.717) is 16.7 Å². The maximum Gasteiger partial charge on any atom is 0.373 e. The molecule has 0 aliphatic carbocycles. The maximum absolute atomic E-state index is 11.3. The molecule has 0 aliphatic rings. The molecule has 0 bridgehead atoms. The molecule has 7 heteroatoms. The molecule has 19 heavy (non-hydrogen) atoms. The molecule has 104 valence electrons. The van der Waals surface area contributed by atoms with Crippen LogP contribution in [0.25, 0.3) is 4.96 Å². The van der Waals surface area contributed by atoms with Gasteiger partial charge in [0.15, 0.2) is 0 Å². The lowest BCUT2D eigenvalue weighted by molar-refractivity contribution is -0.389. The molecule has 0 spiro atoms. The number of nitrogens with zero attached hydrogens (tertiary/aromatic N) is 4. The lowest BCUT2D eigenvalue weighted by atomic mass is 10.1. The number of thiazole rings is 1. The van der Waals surface area contributed by atoms with E-state index in [1.807, 2.05) is 17.2 Å². The molecule has 0 fully saturated rings. The minimum absolute atomic E-state index is 0.0707. The van der Waals surface area contributed by atoms with Gasteiger partial charge in [0.05, 0.1) is 0 Å². The predicted octanol–water partition coefficient (Wildman–Crippen LogP) is 3.18. The minimum atomic E-state index is -0.346. The molecule has 0 N–H and O–H groups in total. The summed E-state index contributed by atoms with van der Waals surface area (Å²) in [6.45, 7) is 7.78. The smallest absolute Gasteiger partial charge is 0.358 e. The second kappa shape index (κ2) is 5.56. The zero-order chi connectivity index (χ0) is 14.0. The number of hydrogen-bond acceptors (Lipinski definition) is 5. The standard InChI is InChI=1S/C12H18N4O2S/c1-4-9(3)8-14(5-2)10-11(16(17)18)15-6-7-19-12(15)13-10/h6-7,9H,4-5,8H2,1-3H3. The fourth-order valence-corrected chi connectivity index (χ4v) is 2.72. The van der Waals surface area contributed by atoms with Gasteiger partial charge in [-0.15, -0.1) is 0 Å². The van der Waals surface area contributed by atoms with Crippen molar-refractivity contribution in [3.63, 3.8) is 0 Å². The third-order valence-corrected chi connectivity index (χ3v) is 4.06. The Morgan fingerprint density at radius 2 is 2.32 bits per heavy atom. The van der Waals surface area contributed by atoms with Gasteiger partial charge < -0.3 is 15.0 Å². The minimum Gasteiger partial charge on any atom is -0.358 e. The fourth-order valence-electron chi connectivity index (χ4n) is 2.01. The van der Waals surface area contributed by atoms with Crippen molar-refractivity contribution in [3.8, 4) is 0 Å². The third-order valence-electron chi connectivity index (χ3n) is 3.30. The topological polar surface area (TPSA) is 63.7 Å². The van der Waals surface area contributed by atoms with Crippen molar-refractivity contribution in [1.29, 1.82) is 0 Å². The molecule has 2 aromatic heterocycles. The van der Waals surface area contributed by atoms with Crippen LogP contribution in [0.15, 0.2) is 11.6 Å². The number of aromatic nitrogens is 2. The van der Waals surface area contributed by atoms with E-state index in [2.05, 4.69) is 18.8 Å². The van der Waals surface area contributed by atoms with E-state index in [9.17, 15) is 10.1 Å². The first kappa shape index (κ1) is 13.8. The van der Waals surface area contributed by atoms with Gasteiger partial charge in [0.25, 0.3) is 4.96 Å². The molecule has 0 aliphatic heterocycles. The highest BCUT2D eigenvalue weighted by Crippen LogP contribution is 2.31. The van der Waals surface area contributed by atoms with Gasteiger partial charge in [-0.05, 0) is 17.8 Å². The Balaban J connectivity index is 2.44. The Labute approximate surface area is 115 Å². The molecule has 0 saturated heterocycles. The van der Waals surface area contributed by atoms with Crippen LogP contribution in [-0.2, 0) is 0 Å². The van der Waals surface area contributed by atoms with Crippen LogP contribution in [0.5, 0.6) is 0 Å². The van der Waals surface area contributed by atoms with Gasteiger partial charge in [-0.2, -0.15) is 9.38 Å². The number of rotatable bonds is 6. The van der Waals surface area contributed by atoms with E-state index in [-0.39, 0.29) is 10.7 Å². The summed E-state index contributed by atoms with van der Waals surface area (Å²) in [5, 5.41) is 13.1. The van der Waals surface area contributed by atoms with Gasteiger partial charge >= 0.3 is 5.82 Å². The molecule has 2 aromatic rings. The largest absolute Gasteiger partial charge is 0.373 e. The van der Waals surface area contributed by atoms with E-state index in [4.69, 9.17) is 0 Å². The summed E-state index contributed by atoms with van der Waals surface area (Å²) in [7, 11) is 0. The lowest BCUT2D eigenvalue weighted by Crippen LogP contribution is -2.29. The maximum atomic E-state index is 11.3. The molecule has 0 amide bonds. The Bertz CT molecular complexity index is 577. The van der Waals surface area contributed by atoms with Crippen LogP contribution in [0, 0.1) is 16.0 Å². The first-order valence-electron chi connectivity index (χ1n) is 6.43. The summed E-state index contributed by atoms with van der Waals surface area (Å²) < 4.78 is 1.55. The fraction of sp³-hybridized carbons (Fsp3) is 0.583. The normalized spacial score (nSPS) is 12.8. The summed E-state index contributed by atoms with van der Waals surface area (Å²) >= 11 is 1.41. The summed E-state index contributed by atoms with van der Waals surface area (Å²) in [4.78, 5) is 18.0. The summed E-state index contributed by atoms with van der Waals surface area (Å²) in [6.07, 6.45) is 2.75. The number of hydrogen-bond donors (Lipinski definition) is 0. The number of imidazole rings is 1. The molecule has 2 rings (SSSR count). The molecule has 2 heterocycles. The Morgan fingerprint density at radius 1 is 1.58 bits per heavy atom. The monoisotopic (exact) mass is 282 g/mol. The third kappa shape index (κ3) is 2.56.